The van der Waals surface area contributed by atoms with Crippen molar-refractivity contribution in [3.8, 4) is 5.75 Å². The van der Waals surface area contributed by atoms with Gasteiger partial charge in [0.25, 0.3) is 0 Å². The molecule has 3 nitrogen and oxygen atoms in total. The van der Waals surface area contributed by atoms with Crippen LogP contribution in [0.3, 0.4) is 0 Å². The summed E-state index contributed by atoms with van der Waals surface area (Å²) in [7, 11) is 0. The van der Waals surface area contributed by atoms with Gasteiger partial charge in [0.1, 0.15) is 0 Å². The summed E-state index contributed by atoms with van der Waals surface area (Å²) in [6.45, 7) is 3.91. The van der Waals surface area contributed by atoms with Crippen molar-refractivity contribution in [2.24, 2.45) is 0 Å². The second-order valence-corrected chi connectivity index (χ2v) is 6.17. The van der Waals surface area contributed by atoms with Crippen LogP contribution in [0.25, 0.3) is 0 Å². The van der Waals surface area contributed by atoms with Crippen LogP contribution in [0.1, 0.15) is 26.7 Å². The van der Waals surface area contributed by atoms with Gasteiger partial charge in [-0.3, -0.25) is 0 Å². The molecule has 1 saturated heterocycles. The standard InChI is InChI=1S/C14H17BrF3NO2/c1-8-5-11(6-9(2)20-8)19-12-4-3-10(15)7-13(12)21-14(16,17)18/h3-4,7-9,11,19H,5-6H2,1-2H3. The number of benzene rings is 1. The first kappa shape index (κ1) is 16.4. The van der Waals surface area contributed by atoms with Gasteiger partial charge in [0.15, 0.2) is 5.75 Å². The predicted molar refractivity (Wildman–Crippen MR) is 77.5 cm³/mol. The number of halogens is 4. The molecule has 7 heteroatoms. The summed E-state index contributed by atoms with van der Waals surface area (Å²) in [5, 5.41) is 3.13. The summed E-state index contributed by atoms with van der Waals surface area (Å²) < 4.78 is 47.7. The Morgan fingerprint density at radius 3 is 2.43 bits per heavy atom. The molecule has 1 aliphatic heterocycles. The maximum atomic E-state index is 12.5. The van der Waals surface area contributed by atoms with Gasteiger partial charge in [0.05, 0.1) is 17.9 Å². The van der Waals surface area contributed by atoms with E-state index in [0.29, 0.717) is 10.2 Å². The molecule has 1 heterocycles. The Balaban J connectivity index is 2.15. The average Bonchev–Trinajstić information content (AvgIpc) is 2.29. The highest BCUT2D eigenvalue weighted by Crippen LogP contribution is 2.34. The smallest absolute Gasteiger partial charge is 0.404 e. The molecule has 1 aromatic rings. The zero-order chi connectivity index (χ0) is 15.6. The average molecular weight is 368 g/mol. The van der Waals surface area contributed by atoms with Crippen LogP contribution >= 0.6 is 15.9 Å². The normalized spacial score (nSPS) is 26.5. The molecule has 2 unspecified atom stereocenters. The number of nitrogens with one attached hydrogen (secondary N) is 1. The van der Waals surface area contributed by atoms with Crippen molar-refractivity contribution in [1.82, 2.24) is 0 Å². The molecular weight excluding hydrogens is 351 g/mol. The van der Waals surface area contributed by atoms with Crippen LogP contribution < -0.4 is 10.1 Å². The number of rotatable bonds is 3. The van der Waals surface area contributed by atoms with E-state index in [1.165, 1.54) is 6.07 Å². The second kappa shape index (κ2) is 6.44. The van der Waals surface area contributed by atoms with E-state index in [1.807, 2.05) is 13.8 Å². The van der Waals surface area contributed by atoms with Crippen LogP contribution in [0.5, 0.6) is 5.75 Å². The molecule has 0 spiro atoms. The lowest BCUT2D eigenvalue weighted by Gasteiger charge is -2.33. The maximum Gasteiger partial charge on any atom is 0.573 e. The molecule has 2 atom stereocenters. The molecule has 1 aliphatic rings. The maximum absolute atomic E-state index is 12.5. The van der Waals surface area contributed by atoms with E-state index in [-0.39, 0.29) is 24.0 Å². The van der Waals surface area contributed by atoms with Gasteiger partial charge in [-0.2, -0.15) is 0 Å². The first-order chi connectivity index (χ1) is 9.73. The van der Waals surface area contributed by atoms with Gasteiger partial charge < -0.3 is 14.8 Å². The summed E-state index contributed by atoms with van der Waals surface area (Å²) in [4.78, 5) is 0. The summed E-state index contributed by atoms with van der Waals surface area (Å²) in [5.74, 6) is -0.233. The Hall–Kier alpha value is -0.950. The van der Waals surface area contributed by atoms with Gasteiger partial charge in [-0.1, -0.05) is 15.9 Å². The topological polar surface area (TPSA) is 30.5 Å². The number of hydrogen-bond donors (Lipinski definition) is 1. The van der Waals surface area contributed by atoms with Crippen LogP contribution in [0.15, 0.2) is 22.7 Å². The van der Waals surface area contributed by atoms with E-state index in [2.05, 4.69) is 26.0 Å². The Morgan fingerprint density at radius 2 is 1.86 bits per heavy atom. The van der Waals surface area contributed by atoms with Gasteiger partial charge in [-0.25, -0.2) is 0 Å². The quantitative estimate of drug-likeness (QED) is 0.838. The van der Waals surface area contributed by atoms with Crippen molar-refractivity contribution < 1.29 is 22.6 Å². The van der Waals surface area contributed by atoms with Crippen molar-refractivity contribution >= 4 is 21.6 Å². The van der Waals surface area contributed by atoms with Gasteiger partial charge in [0.2, 0.25) is 0 Å². The van der Waals surface area contributed by atoms with Crippen molar-refractivity contribution in [3.63, 3.8) is 0 Å². The zero-order valence-corrected chi connectivity index (χ0v) is 13.3. The molecule has 1 N–H and O–H groups in total. The first-order valence-corrected chi connectivity index (χ1v) is 7.49. The van der Waals surface area contributed by atoms with E-state index in [0.717, 1.165) is 12.8 Å². The molecule has 0 amide bonds. The predicted octanol–water partition coefficient (Wildman–Crippen LogP) is 4.72. The molecule has 1 fully saturated rings. The first-order valence-electron chi connectivity index (χ1n) is 6.70. The van der Waals surface area contributed by atoms with E-state index < -0.39 is 6.36 Å². The molecule has 1 aromatic carbocycles. The van der Waals surface area contributed by atoms with Crippen molar-refractivity contribution in [3.05, 3.63) is 22.7 Å². The monoisotopic (exact) mass is 367 g/mol. The Morgan fingerprint density at radius 1 is 1.24 bits per heavy atom. The third-order valence-corrected chi connectivity index (χ3v) is 3.72. The molecule has 2 rings (SSSR count). The fraction of sp³-hybridized carbons (Fsp3) is 0.571. The molecular formula is C14H17BrF3NO2. The summed E-state index contributed by atoms with van der Waals surface area (Å²) >= 11 is 3.15. The highest BCUT2D eigenvalue weighted by Gasteiger charge is 2.33. The van der Waals surface area contributed by atoms with E-state index in [1.54, 1.807) is 12.1 Å². The third-order valence-electron chi connectivity index (χ3n) is 3.23. The minimum atomic E-state index is -4.71. The minimum Gasteiger partial charge on any atom is -0.404 e. The fourth-order valence-electron chi connectivity index (χ4n) is 2.57. The fourth-order valence-corrected chi connectivity index (χ4v) is 2.91. The Bertz CT molecular complexity index is 486. The summed E-state index contributed by atoms with van der Waals surface area (Å²) in [5.41, 5.74) is 0.335. The molecule has 0 aliphatic carbocycles. The molecule has 0 radical (unpaired) electrons. The molecule has 118 valence electrons. The van der Waals surface area contributed by atoms with Gasteiger partial charge in [0, 0.05) is 10.5 Å². The van der Waals surface area contributed by atoms with E-state index in [4.69, 9.17) is 4.74 Å². The molecule has 0 aromatic heterocycles. The van der Waals surface area contributed by atoms with Gasteiger partial charge in [-0.15, -0.1) is 13.2 Å². The summed E-state index contributed by atoms with van der Waals surface area (Å²) in [6, 6.07) is 4.62. The lowest BCUT2D eigenvalue weighted by molar-refractivity contribution is -0.274. The number of alkyl halides is 3. The van der Waals surface area contributed by atoms with Gasteiger partial charge >= 0.3 is 6.36 Å². The molecule has 0 saturated carbocycles. The third kappa shape index (κ3) is 5.07. The van der Waals surface area contributed by atoms with Crippen LogP contribution in [0, 0.1) is 0 Å². The van der Waals surface area contributed by atoms with Crippen LogP contribution in [-0.4, -0.2) is 24.6 Å². The Kier molecular flexibility index (Phi) is 5.03. The highest BCUT2D eigenvalue weighted by molar-refractivity contribution is 9.10. The zero-order valence-electron chi connectivity index (χ0n) is 11.7. The largest absolute Gasteiger partial charge is 0.573 e. The second-order valence-electron chi connectivity index (χ2n) is 5.26. The van der Waals surface area contributed by atoms with Crippen molar-refractivity contribution in [2.75, 3.05) is 5.32 Å². The van der Waals surface area contributed by atoms with Crippen LogP contribution in [0.4, 0.5) is 18.9 Å². The number of hydrogen-bond acceptors (Lipinski definition) is 3. The van der Waals surface area contributed by atoms with Crippen molar-refractivity contribution in [2.45, 2.75) is 51.3 Å². The van der Waals surface area contributed by atoms with Crippen LogP contribution in [-0.2, 0) is 4.74 Å². The summed E-state index contributed by atoms with van der Waals surface area (Å²) in [6.07, 6.45) is -3.08. The van der Waals surface area contributed by atoms with E-state index >= 15 is 0 Å². The minimum absolute atomic E-state index is 0.0560. The number of ether oxygens (including phenoxy) is 2. The van der Waals surface area contributed by atoms with Crippen molar-refractivity contribution in [1.29, 1.82) is 0 Å². The van der Waals surface area contributed by atoms with E-state index in [9.17, 15) is 13.2 Å². The van der Waals surface area contributed by atoms with Gasteiger partial charge in [-0.05, 0) is 44.9 Å². The highest BCUT2D eigenvalue weighted by atomic mass is 79.9. The Labute approximate surface area is 129 Å². The number of anilines is 1. The lowest BCUT2D eigenvalue weighted by atomic mass is 9.99. The SMILES string of the molecule is CC1CC(Nc2ccc(Br)cc2OC(F)(F)F)CC(C)O1. The lowest BCUT2D eigenvalue weighted by Crippen LogP contribution is -2.37. The molecule has 21 heavy (non-hydrogen) atoms. The van der Waals surface area contributed by atoms with Crippen LogP contribution in [0.2, 0.25) is 0 Å². The molecule has 0 bridgehead atoms.